The molecule has 0 fully saturated rings. The molecule has 0 atom stereocenters. The number of hydrogen-bond donors (Lipinski definition) is 2. The molecule has 0 saturated carbocycles. The van der Waals surface area contributed by atoms with Crippen molar-refractivity contribution >= 4 is 16.9 Å². The Morgan fingerprint density at radius 1 is 1.35 bits per heavy atom. The first-order chi connectivity index (χ1) is 9.54. The number of rotatable bonds is 2. The van der Waals surface area contributed by atoms with Crippen LogP contribution < -0.4 is 11.4 Å². The summed E-state index contributed by atoms with van der Waals surface area (Å²) in [5, 5.41) is 0.860. The van der Waals surface area contributed by atoms with E-state index in [0.717, 1.165) is 16.5 Å². The highest BCUT2D eigenvalue weighted by Gasteiger charge is 2.10. The number of imidazole rings is 1. The fraction of sp³-hybridized carbons (Fsp3) is 0.0714. The van der Waals surface area contributed by atoms with Crippen molar-refractivity contribution in [1.82, 2.24) is 9.97 Å². The fourth-order valence-corrected chi connectivity index (χ4v) is 2.08. The van der Waals surface area contributed by atoms with Crippen LogP contribution in [0.25, 0.3) is 22.2 Å². The molecule has 3 aromatic rings. The van der Waals surface area contributed by atoms with Crippen molar-refractivity contribution in [3.63, 3.8) is 0 Å². The first-order valence-corrected chi connectivity index (χ1v) is 5.95. The highest BCUT2D eigenvalue weighted by atomic mass is 16.4. The van der Waals surface area contributed by atoms with Crippen molar-refractivity contribution in [1.29, 1.82) is 0 Å². The number of H-pyrrole nitrogens is 1. The predicted molar refractivity (Wildman–Crippen MR) is 73.3 cm³/mol. The van der Waals surface area contributed by atoms with Gasteiger partial charge in [-0.05, 0) is 18.6 Å². The Bertz CT molecular complexity index is 877. The maximum Gasteiger partial charge on any atom is 0.336 e. The largest absolute Gasteiger partial charge is 0.423 e. The molecule has 0 aliphatic heterocycles. The molecule has 6 nitrogen and oxygen atoms in total. The Balaban J connectivity index is 2.17. The summed E-state index contributed by atoms with van der Waals surface area (Å²) < 4.78 is 5.17. The molecular weight excluding hydrogens is 258 g/mol. The van der Waals surface area contributed by atoms with Gasteiger partial charge in [-0.15, -0.1) is 0 Å². The summed E-state index contributed by atoms with van der Waals surface area (Å²) in [5.74, 6) is -0.537. The number of fused-ring (bicyclic) bond motifs is 1. The minimum Gasteiger partial charge on any atom is -0.423 e. The predicted octanol–water partition coefficient (Wildman–Crippen LogP) is 1.59. The lowest BCUT2D eigenvalue weighted by Crippen LogP contribution is -2.12. The second kappa shape index (κ2) is 4.34. The number of amides is 1. The van der Waals surface area contributed by atoms with Crippen molar-refractivity contribution < 1.29 is 9.21 Å². The Hall–Kier alpha value is -2.89. The summed E-state index contributed by atoms with van der Waals surface area (Å²) in [4.78, 5) is 29.2. The minimum atomic E-state index is -0.626. The van der Waals surface area contributed by atoms with Crippen LogP contribution in [-0.4, -0.2) is 15.9 Å². The molecule has 20 heavy (non-hydrogen) atoms. The number of hydrogen-bond acceptors (Lipinski definition) is 4. The van der Waals surface area contributed by atoms with Gasteiger partial charge in [0.15, 0.2) is 5.82 Å². The van der Waals surface area contributed by atoms with Gasteiger partial charge in [0.05, 0.1) is 5.69 Å². The number of nitrogens with zero attached hydrogens (tertiary/aromatic N) is 1. The monoisotopic (exact) mass is 269 g/mol. The van der Waals surface area contributed by atoms with Gasteiger partial charge in [0.1, 0.15) is 5.58 Å². The number of nitrogens with two attached hydrogens (primary N) is 1. The molecule has 2 heterocycles. The highest BCUT2D eigenvalue weighted by Crippen LogP contribution is 2.24. The third kappa shape index (κ3) is 1.97. The van der Waals surface area contributed by atoms with Gasteiger partial charge >= 0.3 is 5.63 Å². The van der Waals surface area contributed by atoms with Crippen molar-refractivity contribution in [3.05, 3.63) is 52.3 Å². The van der Waals surface area contributed by atoms with E-state index in [2.05, 4.69) is 9.97 Å². The lowest BCUT2D eigenvalue weighted by Gasteiger charge is -2.02. The van der Waals surface area contributed by atoms with Crippen LogP contribution in [-0.2, 0) is 0 Å². The fourth-order valence-electron chi connectivity index (χ4n) is 2.08. The average molecular weight is 269 g/mol. The third-order valence-corrected chi connectivity index (χ3v) is 3.06. The van der Waals surface area contributed by atoms with Crippen molar-refractivity contribution in [2.24, 2.45) is 5.73 Å². The van der Waals surface area contributed by atoms with E-state index in [-0.39, 0.29) is 5.82 Å². The van der Waals surface area contributed by atoms with Crippen LogP contribution in [0.5, 0.6) is 0 Å². The van der Waals surface area contributed by atoms with Gasteiger partial charge in [-0.1, -0.05) is 12.1 Å². The van der Waals surface area contributed by atoms with E-state index >= 15 is 0 Å². The molecule has 3 N–H and O–H groups in total. The van der Waals surface area contributed by atoms with Crippen LogP contribution in [0.15, 0.2) is 39.7 Å². The number of aryl methyl sites for hydroxylation is 1. The number of benzene rings is 1. The molecule has 0 spiro atoms. The summed E-state index contributed by atoms with van der Waals surface area (Å²) in [7, 11) is 0. The summed E-state index contributed by atoms with van der Waals surface area (Å²) in [6, 6.07) is 6.85. The summed E-state index contributed by atoms with van der Waals surface area (Å²) in [5.41, 5.74) is 7.37. The SMILES string of the molecule is Cc1cc(=O)oc2cc(-c3c[nH]c(C(N)=O)n3)ccc12. The second-order valence-electron chi connectivity index (χ2n) is 4.46. The Kier molecular flexibility index (Phi) is 2.64. The summed E-state index contributed by atoms with van der Waals surface area (Å²) in [6.45, 7) is 1.85. The topological polar surface area (TPSA) is 102 Å². The average Bonchev–Trinajstić information content (AvgIpc) is 2.87. The van der Waals surface area contributed by atoms with Crippen LogP contribution >= 0.6 is 0 Å². The zero-order valence-electron chi connectivity index (χ0n) is 10.6. The molecule has 0 aliphatic rings. The number of carbonyl (C=O) groups is 1. The normalized spacial score (nSPS) is 10.8. The van der Waals surface area contributed by atoms with Gasteiger partial charge in [-0.3, -0.25) is 4.79 Å². The summed E-state index contributed by atoms with van der Waals surface area (Å²) >= 11 is 0. The van der Waals surface area contributed by atoms with Gasteiger partial charge in [-0.2, -0.15) is 0 Å². The number of carbonyl (C=O) groups excluding carboxylic acids is 1. The van der Waals surface area contributed by atoms with Crippen molar-refractivity contribution in [3.8, 4) is 11.3 Å². The molecule has 1 aromatic carbocycles. The zero-order chi connectivity index (χ0) is 14.3. The first-order valence-electron chi connectivity index (χ1n) is 5.95. The van der Waals surface area contributed by atoms with Crippen molar-refractivity contribution in [2.75, 3.05) is 0 Å². The van der Waals surface area contributed by atoms with Gasteiger partial charge in [0.25, 0.3) is 5.91 Å². The molecule has 2 aromatic heterocycles. The number of aromatic nitrogens is 2. The molecule has 0 unspecified atom stereocenters. The standard InChI is InChI=1S/C14H11N3O3/c1-7-4-12(18)20-11-5-8(2-3-9(7)11)10-6-16-14(17-10)13(15)19/h2-6H,1H3,(H2,15,19)(H,16,17). The molecule has 0 aliphatic carbocycles. The maximum absolute atomic E-state index is 11.4. The molecule has 0 bridgehead atoms. The van der Waals surface area contributed by atoms with Gasteiger partial charge in [0.2, 0.25) is 0 Å². The number of primary amides is 1. The second-order valence-corrected chi connectivity index (χ2v) is 4.46. The third-order valence-electron chi connectivity index (χ3n) is 3.06. The van der Waals surface area contributed by atoms with E-state index in [0.29, 0.717) is 11.3 Å². The van der Waals surface area contributed by atoms with Crippen LogP contribution in [0.4, 0.5) is 0 Å². The first kappa shape index (κ1) is 12.2. The van der Waals surface area contributed by atoms with E-state index < -0.39 is 11.5 Å². The quantitative estimate of drug-likeness (QED) is 0.689. The molecular formula is C14H11N3O3. The van der Waals surface area contributed by atoms with Crippen LogP contribution in [0.3, 0.4) is 0 Å². The van der Waals surface area contributed by atoms with E-state index in [1.165, 1.54) is 6.07 Å². The molecule has 6 heteroatoms. The van der Waals surface area contributed by atoms with E-state index in [9.17, 15) is 9.59 Å². The summed E-state index contributed by atoms with van der Waals surface area (Å²) in [6.07, 6.45) is 1.58. The zero-order valence-corrected chi connectivity index (χ0v) is 10.6. The lowest BCUT2D eigenvalue weighted by atomic mass is 10.1. The van der Waals surface area contributed by atoms with E-state index in [4.69, 9.17) is 10.2 Å². The lowest BCUT2D eigenvalue weighted by molar-refractivity contribution is 0.0991. The Labute approximate surface area is 113 Å². The highest BCUT2D eigenvalue weighted by molar-refractivity contribution is 5.90. The smallest absolute Gasteiger partial charge is 0.336 e. The molecule has 0 saturated heterocycles. The molecule has 100 valence electrons. The molecule has 0 radical (unpaired) electrons. The Morgan fingerprint density at radius 2 is 2.15 bits per heavy atom. The van der Waals surface area contributed by atoms with E-state index in [1.807, 2.05) is 19.1 Å². The van der Waals surface area contributed by atoms with Gasteiger partial charge < -0.3 is 15.1 Å². The van der Waals surface area contributed by atoms with Crippen LogP contribution in [0.1, 0.15) is 16.2 Å². The molecule has 1 amide bonds. The maximum atomic E-state index is 11.4. The molecule has 3 rings (SSSR count). The van der Waals surface area contributed by atoms with Gasteiger partial charge in [0, 0.05) is 23.2 Å². The minimum absolute atomic E-state index is 0.0887. The van der Waals surface area contributed by atoms with Crippen LogP contribution in [0, 0.1) is 6.92 Å². The van der Waals surface area contributed by atoms with E-state index in [1.54, 1.807) is 12.3 Å². The van der Waals surface area contributed by atoms with Crippen LogP contribution in [0.2, 0.25) is 0 Å². The van der Waals surface area contributed by atoms with Gasteiger partial charge in [-0.25, -0.2) is 9.78 Å². The van der Waals surface area contributed by atoms with Crippen molar-refractivity contribution in [2.45, 2.75) is 6.92 Å². The number of aromatic amines is 1. The number of nitrogens with one attached hydrogen (secondary N) is 1. The Morgan fingerprint density at radius 3 is 2.85 bits per heavy atom.